The minimum atomic E-state index is -0.715. The molecule has 0 atom stereocenters. The average molecular weight is 312 g/mol. The number of urea groups is 1. The third-order valence-corrected chi connectivity index (χ3v) is 5.34. The summed E-state index contributed by atoms with van der Waals surface area (Å²) in [5.74, 6) is -0.959. The van der Waals surface area contributed by atoms with E-state index in [1.54, 1.807) is 0 Å². The maximum atomic E-state index is 12.1. The van der Waals surface area contributed by atoms with E-state index < -0.39 is 5.97 Å². The lowest BCUT2D eigenvalue weighted by atomic mass is 9.78. The highest BCUT2D eigenvalue weighted by Crippen LogP contribution is 2.33. The van der Waals surface area contributed by atoms with Crippen LogP contribution in [0.5, 0.6) is 0 Å². The van der Waals surface area contributed by atoms with Gasteiger partial charge >= 0.3 is 12.0 Å². The number of carbonyl (C=O) groups is 2. The molecule has 6 heteroatoms. The van der Waals surface area contributed by atoms with E-state index in [1.807, 2.05) is 0 Å². The fourth-order valence-corrected chi connectivity index (χ4v) is 3.45. The molecule has 22 heavy (non-hydrogen) atoms. The molecule has 0 bridgehead atoms. The predicted molar refractivity (Wildman–Crippen MR) is 82.7 cm³/mol. The van der Waals surface area contributed by atoms with Gasteiger partial charge in [-0.2, -0.15) is 0 Å². The van der Waals surface area contributed by atoms with Crippen molar-refractivity contribution in [3.8, 4) is 0 Å². The van der Waals surface area contributed by atoms with Gasteiger partial charge in [-0.05, 0) is 50.4 Å². The first-order valence-corrected chi connectivity index (χ1v) is 8.39. The Hall–Kier alpha value is -1.30. The lowest BCUT2D eigenvalue weighted by Crippen LogP contribution is -2.48. The Labute approximate surface area is 132 Å². The first-order valence-electron chi connectivity index (χ1n) is 8.39. The largest absolute Gasteiger partial charge is 0.481 e. The van der Waals surface area contributed by atoms with E-state index >= 15 is 0 Å². The number of hydrogen-bond donors (Lipinski definition) is 3. The quantitative estimate of drug-likeness (QED) is 0.726. The van der Waals surface area contributed by atoms with E-state index in [4.69, 9.17) is 9.84 Å². The molecule has 3 N–H and O–H groups in total. The molecule has 0 aromatic rings. The van der Waals surface area contributed by atoms with Crippen LogP contribution in [0.3, 0.4) is 0 Å². The number of rotatable bonds is 5. The molecule has 0 radical (unpaired) electrons. The van der Waals surface area contributed by atoms with Gasteiger partial charge in [-0.3, -0.25) is 4.79 Å². The van der Waals surface area contributed by atoms with Crippen molar-refractivity contribution in [1.82, 2.24) is 10.6 Å². The van der Waals surface area contributed by atoms with Crippen molar-refractivity contribution in [1.29, 1.82) is 0 Å². The van der Waals surface area contributed by atoms with Crippen LogP contribution in [0.4, 0.5) is 4.79 Å². The van der Waals surface area contributed by atoms with Crippen LogP contribution in [-0.4, -0.2) is 42.9 Å². The van der Waals surface area contributed by atoms with Crippen LogP contribution in [0.2, 0.25) is 0 Å². The van der Waals surface area contributed by atoms with Crippen LogP contribution in [0, 0.1) is 11.3 Å². The van der Waals surface area contributed by atoms with Crippen molar-refractivity contribution in [2.45, 2.75) is 57.9 Å². The number of ether oxygens (including phenoxy) is 1. The topological polar surface area (TPSA) is 87.7 Å². The predicted octanol–water partition coefficient (Wildman–Crippen LogP) is 2.14. The zero-order valence-electron chi connectivity index (χ0n) is 13.4. The fourth-order valence-electron chi connectivity index (χ4n) is 3.45. The molecular formula is C16H28N2O4. The highest BCUT2D eigenvalue weighted by atomic mass is 16.5. The smallest absolute Gasteiger partial charge is 0.315 e. The van der Waals surface area contributed by atoms with Crippen molar-refractivity contribution in [2.75, 3.05) is 19.8 Å². The van der Waals surface area contributed by atoms with Crippen LogP contribution in [0.15, 0.2) is 0 Å². The lowest BCUT2D eigenvalue weighted by Gasteiger charge is -2.36. The number of carboxylic acid groups (broad SMARTS) is 1. The molecule has 2 rings (SSSR count). The monoisotopic (exact) mass is 312 g/mol. The van der Waals surface area contributed by atoms with E-state index in [0.717, 1.165) is 45.3 Å². The summed E-state index contributed by atoms with van der Waals surface area (Å²) >= 11 is 0. The average Bonchev–Trinajstić information content (AvgIpc) is 2.54. The molecule has 0 aromatic carbocycles. The van der Waals surface area contributed by atoms with Gasteiger partial charge in [0, 0.05) is 25.8 Å². The molecule has 1 aliphatic heterocycles. The highest BCUT2D eigenvalue weighted by Gasteiger charge is 2.31. The summed E-state index contributed by atoms with van der Waals surface area (Å²) in [4.78, 5) is 23.0. The second-order valence-corrected chi connectivity index (χ2v) is 6.68. The Balaban J connectivity index is 1.71. The maximum absolute atomic E-state index is 12.1. The summed E-state index contributed by atoms with van der Waals surface area (Å²) in [7, 11) is 0. The molecule has 1 aliphatic carbocycles. The molecule has 0 unspecified atom stereocenters. The van der Waals surface area contributed by atoms with Crippen molar-refractivity contribution < 1.29 is 19.4 Å². The van der Waals surface area contributed by atoms with Gasteiger partial charge in [-0.25, -0.2) is 4.79 Å². The SMILES string of the molecule is CCC1(CNC(=O)NC2CCC(C(=O)O)CC2)CCOCC1. The normalized spacial score (nSPS) is 27.9. The van der Waals surface area contributed by atoms with Gasteiger partial charge in [0.15, 0.2) is 0 Å². The third kappa shape index (κ3) is 4.60. The van der Waals surface area contributed by atoms with E-state index in [1.165, 1.54) is 0 Å². The molecular weight excluding hydrogens is 284 g/mol. The standard InChI is InChI=1S/C16H28N2O4/c1-2-16(7-9-22-10-8-16)11-17-15(21)18-13-5-3-12(4-6-13)14(19)20/h12-13H,2-11H2,1H3,(H,19,20)(H2,17,18,21). The Bertz CT molecular complexity index is 386. The lowest BCUT2D eigenvalue weighted by molar-refractivity contribution is -0.142. The van der Waals surface area contributed by atoms with Gasteiger partial charge in [-0.15, -0.1) is 0 Å². The minimum absolute atomic E-state index is 0.0999. The molecule has 126 valence electrons. The number of carbonyl (C=O) groups excluding carboxylic acids is 1. The fraction of sp³-hybridized carbons (Fsp3) is 0.875. The molecule has 2 fully saturated rings. The minimum Gasteiger partial charge on any atom is -0.481 e. The summed E-state index contributed by atoms with van der Waals surface area (Å²) in [5.41, 5.74) is 0.163. The number of carboxylic acids is 1. The zero-order valence-corrected chi connectivity index (χ0v) is 13.4. The van der Waals surface area contributed by atoms with E-state index in [2.05, 4.69) is 17.6 Å². The van der Waals surface area contributed by atoms with Gasteiger partial charge in [-0.1, -0.05) is 6.92 Å². The number of aliphatic carboxylic acids is 1. The molecule has 2 amide bonds. The Morgan fingerprint density at radius 1 is 1.18 bits per heavy atom. The number of hydrogen-bond acceptors (Lipinski definition) is 3. The van der Waals surface area contributed by atoms with Crippen molar-refractivity contribution >= 4 is 12.0 Å². The van der Waals surface area contributed by atoms with Crippen LogP contribution in [-0.2, 0) is 9.53 Å². The highest BCUT2D eigenvalue weighted by molar-refractivity contribution is 5.74. The van der Waals surface area contributed by atoms with Gasteiger partial charge in [0.25, 0.3) is 0 Å². The molecule has 2 aliphatic rings. The molecule has 6 nitrogen and oxygen atoms in total. The summed E-state index contributed by atoms with van der Waals surface area (Å²) < 4.78 is 5.41. The van der Waals surface area contributed by atoms with E-state index in [-0.39, 0.29) is 23.4 Å². The molecule has 0 spiro atoms. The Kier molecular flexibility index (Phi) is 6.06. The first kappa shape index (κ1) is 17.1. The summed E-state index contributed by atoms with van der Waals surface area (Å²) in [5, 5.41) is 15.0. The van der Waals surface area contributed by atoms with Gasteiger partial charge < -0.3 is 20.5 Å². The second-order valence-electron chi connectivity index (χ2n) is 6.68. The van der Waals surface area contributed by atoms with Crippen LogP contribution >= 0.6 is 0 Å². The second kappa shape index (κ2) is 7.81. The molecule has 0 aromatic heterocycles. The molecule has 1 saturated heterocycles. The van der Waals surface area contributed by atoms with Crippen molar-refractivity contribution in [3.05, 3.63) is 0 Å². The van der Waals surface area contributed by atoms with Crippen molar-refractivity contribution in [2.24, 2.45) is 11.3 Å². The summed E-state index contributed by atoms with van der Waals surface area (Å²) in [6.07, 6.45) is 5.82. The number of nitrogens with one attached hydrogen (secondary N) is 2. The van der Waals surface area contributed by atoms with Gasteiger partial charge in [0.1, 0.15) is 0 Å². The molecule has 1 heterocycles. The summed E-state index contributed by atoms with van der Waals surface area (Å²) in [6, 6.07) is -0.0269. The van der Waals surface area contributed by atoms with E-state index in [0.29, 0.717) is 19.4 Å². The zero-order chi connectivity index (χ0) is 16.0. The Morgan fingerprint density at radius 2 is 1.82 bits per heavy atom. The van der Waals surface area contributed by atoms with Crippen LogP contribution in [0.1, 0.15) is 51.9 Å². The van der Waals surface area contributed by atoms with Crippen LogP contribution in [0.25, 0.3) is 0 Å². The molecule has 1 saturated carbocycles. The van der Waals surface area contributed by atoms with Crippen molar-refractivity contribution in [3.63, 3.8) is 0 Å². The Morgan fingerprint density at radius 3 is 2.36 bits per heavy atom. The first-order chi connectivity index (χ1) is 10.5. The van der Waals surface area contributed by atoms with Gasteiger partial charge in [0.05, 0.1) is 5.92 Å². The third-order valence-electron chi connectivity index (χ3n) is 5.34. The van der Waals surface area contributed by atoms with E-state index in [9.17, 15) is 9.59 Å². The van der Waals surface area contributed by atoms with Gasteiger partial charge in [0.2, 0.25) is 0 Å². The number of amides is 2. The summed E-state index contributed by atoms with van der Waals surface area (Å²) in [6.45, 7) is 4.40. The maximum Gasteiger partial charge on any atom is 0.315 e. The van der Waals surface area contributed by atoms with Crippen LogP contribution < -0.4 is 10.6 Å².